The van der Waals surface area contributed by atoms with Crippen molar-refractivity contribution in [1.29, 1.82) is 0 Å². The third kappa shape index (κ3) is 45.9. The summed E-state index contributed by atoms with van der Waals surface area (Å²) in [6.07, 6.45) is 52.5. The zero-order valence-electron chi connectivity index (χ0n) is 47.8. The molecule has 0 aliphatic rings. The van der Waals surface area contributed by atoms with Crippen molar-refractivity contribution in [2.24, 2.45) is 11.8 Å². The Morgan fingerprint density at radius 2 is 0.652 bits per heavy atom. The van der Waals surface area contributed by atoms with Crippen LogP contribution in [0.25, 0.3) is 0 Å². The first-order valence-corrected chi connectivity index (χ1v) is 31.0. The highest BCUT2D eigenvalue weighted by Crippen LogP contribution is 2.25. The van der Waals surface area contributed by atoms with Crippen molar-refractivity contribution in [3.8, 4) is 0 Å². The maximum atomic E-state index is 14.0. The number of carbonyl (C=O) groups is 3. The Morgan fingerprint density at radius 3 is 1.03 bits per heavy atom. The number of amides is 1. The van der Waals surface area contributed by atoms with Crippen molar-refractivity contribution in [1.82, 2.24) is 9.80 Å². The summed E-state index contributed by atoms with van der Waals surface area (Å²) in [5.41, 5.74) is 0. The molecular formula is C62H122N2O5. The zero-order chi connectivity index (χ0) is 50.7. The van der Waals surface area contributed by atoms with Crippen LogP contribution in [-0.4, -0.2) is 74.1 Å². The fraction of sp³-hybridized carbons (Fsp3) is 0.952. The quantitative estimate of drug-likeness (QED) is 0.0446. The molecule has 0 saturated carbocycles. The van der Waals surface area contributed by atoms with E-state index in [2.05, 4.69) is 58.5 Å². The Kier molecular flexibility index (Phi) is 51.4. The second kappa shape index (κ2) is 52.7. The second-order valence-electron chi connectivity index (χ2n) is 22.0. The van der Waals surface area contributed by atoms with Gasteiger partial charge in [0.15, 0.2) is 0 Å². The highest BCUT2D eigenvalue weighted by Gasteiger charge is 2.23. The van der Waals surface area contributed by atoms with Gasteiger partial charge >= 0.3 is 11.9 Å². The van der Waals surface area contributed by atoms with Gasteiger partial charge in [0.1, 0.15) is 0 Å². The minimum absolute atomic E-state index is 0.0204. The van der Waals surface area contributed by atoms with E-state index in [0.29, 0.717) is 56.3 Å². The zero-order valence-corrected chi connectivity index (χ0v) is 47.8. The Hall–Kier alpha value is -1.63. The maximum Gasteiger partial charge on any atom is 0.305 e. The van der Waals surface area contributed by atoms with Crippen LogP contribution in [0.3, 0.4) is 0 Å². The van der Waals surface area contributed by atoms with Gasteiger partial charge in [-0.1, -0.05) is 253 Å². The van der Waals surface area contributed by atoms with Crippen molar-refractivity contribution < 1.29 is 23.9 Å². The average Bonchev–Trinajstić information content (AvgIpc) is 3.33. The van der Waals surface area contributed by atoms with E-state index >= 15 is 0 Å². The van der Waals surface area contributed by atoms with Gasteiger partial charge in [-0.05, 0) is 83.8 Å². The second-order valence-corrected chi connectivity index (χ2v) is 22.0. The summed E-state index contributed by atoms with van der Waals surface area (Å²) in [6, 6.07) is 0.292. The maximum absolute atomic E-state index is 14.0. The first-order valence-electron chi connectivity index (χ1n) is 31.0. The van der Waals surface area contributed by atoms with E-state index in [0.717, 1.165) is 103 Å². The topological polar surface area (TPSA) is 76.1 Å². The Bertz CT molecular complexity index is 1070. The monoisotopic (exact) mass is 975 g/mol. The summed E-state index contributed by atoms with van der Waals surface area (Å²) in [4.78, 5) is 44.0. The molecule has 0 radical (unpaired) electrons. The molecule has 0 aliphatic carbocycles. The van der Waals surface area contributed by atoms with E-state index in [1.54, 1.807) is 0 Å². The molecule has 1 amide bonds. The Balaban J connectivity index is 5.12. The van der Waals surface area contributed by atoms with Gasteiger partial charge in [0.25, 0.3) is 0 Å². The summed E-state index contributed by atoms with van der Waals surface area (Å²) in [5, 5.41) is 0. The molecule has 0 spiro atoms. The summed E-state index contributed by atoms with van der Waals surface area (Å²) in [6.45, 7) is 14.3. The molecule has 410 valence electrons. The lowest BCUT2D eigenvalue weighted by molar-refractivity contribution is -0.145. The summed E-state index contributed by atoms with van der Waals surface area (Å²) in [7, 11) is 4.19. The van der Waals surface area contributed by atoms with Gasteiger partial charge in [0, 0.05) is 31.8 Å². The lowest BCUT2D eigenvalue weighted by atomic mass is 9.92. The third-order valence-corrected chi connectivity index (χ3v) is 15.0. The smallest absolute Gasteiger partial charge is 0.305 e. The van der Waals surface area contributed by atoms with Crippen molar-refractivity contribution in [2.75, 3.05) is 40.4 Å². The average molecular weight is 976 g/mol. The predicted octanol–water partition coefficient (Wildman–Crippen LogP) is 18.7. The van der Waals surface area contributed by atoms with E-state index in [9.17, 15) is 14.4 Å². The van der Waals surface area contributed by atoms with Crippen LogP contribution in [0.1, 0.15) is 324 Å². The molecule has 7 heteroatoms. The molecule has 7 nitrogen and oxygen atoms in total. The van der Waals surface area contributed by atoms with Gasteiger partial charge in [0.2, 0.25) is 5.91 Å². The van der Waals surface area contributed by atoms with Gasteiger partial charge in [-0.25, -0.2) is 0 Å². The van der Waals surface area contributed by atoms with E-state index in [1.807, 2.05) is 0 Å². The summed E-state index contributed by atoms with van der Waals surface area (Å²) in [5.74, 6) is 1.67. The van der Waals surface area contributed by atoms with Crippen LogP contribution >= 0.6 is 0 Å². The number of unbranched alkanes of at least 4 members (excludes halogenated alkanes) is 26. The molecule has 0 aromatic carbocycles. The van der Waals surface area contributed by atoms with Gasteiger partial charge in [-0.3, -0.25) is 14.4 Å². The SMILES string of the molecule is CCCCCCCCCCC(CCCCCCC(=O)OCCC(CCCCCC)CCCCCC)N(CCCCCCCC(=O)OCCC(CCCCCC)CCCCCC)C(=O)CCCN(C)C. The molecule has 0 rings (SSSR count). The van der Waals surface area contributed by atoms with Crippen molar-refractivity contribution in [2.45, 2.75) is 330 Å². The number of hydrogen-bond acceptors (Lipinski definition) is 6. The van der Waals surface area contributed by atoms with Gasteiger partial charge in [-0.15, -0.1) is 0 Å². The summed E-state index contributed by atoms with van der Waals surface area (Å²) < 4.78 is 11.6. The van der Waals surface area contributed by atoms with Crippen LogP contribution in [0.5, 0.6) is 0 Å². The number of hydrogen-bond donors (Lipinski definition) is 0. The fourth-order valence-corrected chi connectivity index (χ4v) is 10.4. The molecular weight excluding hydrogens is 853 g/mol. The van der Waals surface area contributed by atoms with Crippen LogP contribution in [0.15, 0.2) is 0 Å². The number of nitrogens with zero attached hydrogens (tertiary/aromatic N) is 2. The molecule has 0 aromatic rings. The molecule has 0 heterocycles. The highest BCUT2D eigenvalue weighted by molar-refractivity contribution is 5.76. The number of carbonyl (C=O) groups excluding carboxylic acids is 3. The molecule has 0 N–H and O–H groups in total. The van der Waals surface area contributed by atoms with Crippen LogP contribution in [0.2, 0.25) is 0 Å². The first kappa shape index (κ1) is 67.4. The van der Waals surface area contributed by atoms with Crippen molar-refractivity contribution in [3.05, 3.63) is 0 Å². The minimum Gasteiger partial charge on any atom is -0.466 e. The molecule has 1 unspecified atom stereocenters. The van der Waals surface area contributed by atoms with Crippen LogP contribution in [-0.2, 0) is 23.9 Å². The van der Waals surface area contributed by atoms with Crippen LogP contribution in [0.4, 0.5) is 0 Å². The van der Waals surface area contributed by atoms with Crippen LogP contribution < -0.4 is 0 Å². The molecule has 0 aromatic heterocycles. The van der Waals surface area contributed by atoms with E-state index in [4.69, 9.17) is 9.47 Å². The first-order chi connectivity index (χ1) is 33.7. The van der Waals surface area contributed by atoms with Gasteiger partial charge in [0.05, 0.1) is 13.2 Å². The standard InChI is InChI=1S/C62H122N2O5/c1-8-13-18-23-24-25-27-36-46-59(47-37-29-30-39-50-62(67)69-56-52-58(44-34-21-16-11-4)45-35-22-17-12-5)64(60(65)48-41-53-63(6)7)54-40-31-26-28-38-49-61(66)68-55-51-57(42-32-19-14-9-2)43-33-20-15-10-3/h57-59H,8-56H2,1-7H3. The lowest BCUT2D eigenvalue weighted by Crippen LogP contribution is -2.41. The number of esters is 2. The Labute approximate surface area is 431 Å². The lowest BCUT2D eigenvalue weighted by Gasteiger charge is -2.33. The van der Waals surface area contributed by atoms with Crippen molar-refractivity contribution >= 4 is 17.8 Å². The summed E-state index contributed by atoms with van der Waals surface area (Å²) >= 11 is 0. The third-order valence-electron chi connectivity index (χ3n) is 15.0. The van der Waals surface area contributed by atoms with E-state index in [-0.39, 0.29) is 11.9 Å². The molecule has 0 bridgehead atoms. The van der Waals surface area contributed by atoms with Crippen LogP contribution in [0, 0.1) is 11.8 Å². The predicted molar refractivity (Wildman–Crippen MR) is 299 cm³/mol. The molecule has 1 atom stereocenters. The largest absolute Gasteiger partial charge is 0.466 e. The molecule has 0 fully saturated rings. The Morgan fingerprint density at radius 1 is 0.333 bits per heavy atom. The highest BCUT2D eigenvalue weighted by atomic mass is 16.5. The van der Waals surface area contributed by atoms with E-state index in [1.165, 1.54) is 180 Å². The van der Waals surface area contributed by atoms with Gasteiger partial charge in [-0.2, -0.15) is 0 Å². The normalized spacial score (nSPS) is 12.1. The minimum atomic E-state index is -0.0239. The number of rotatable bonds is 55. The van der Waals surface area contributed by atoms with Crippen molar-refractivity contribution in [3.63, 3.8) is 0 Å². The number of ether oxygens (including phenoxy) is 2. The molecule has 0 saturated heterocycles. The van der Waals surface area contributed by atoms with Gasteiger partial charge < -0.3 is 19.3 Å². The molecule has 0 aliphatic heterocycles. The molecule has 69 heavy (non-hydrogen) atoms. The fourth-order valence-electron chi connectivity index (χ4n) is 10.4. The van der Waals surface area contributed by atoms with E-state index < -0.39 is 0 Å².